The third-order valence-corrected chi connectivity index (χ3v) is 2.96. The van der Waals surface area contributed by atoms with Gasteiger partial charge in [-0.15, -0.1) is 11.3 Å². The SMILES string of the molecule is Cc1ncccc1-c1ncc(CO)s1. The quantitative estimate of drug-likeness (QED) is 0.817. The van der Waals surface area contributed by atoms with Crippen molar-refractivity contribution in [2.24, 2.45) is 0 Å². The summed E-state index contributed by atoms with van der Waals surface area (Å²) in [6.45, 7) is 2.01. The molecule has 0 radical (unpaired) electrons. The maximum Gasteiger partial charge on any atom is 0.125 e. The van der Waals surface area contributed by atoms with Crippen LogP contribution < -0.4 is 0 Å². The highest BCUT2D eigenvalue weighted by atomic mass is 32.1. The molecule has 0 fully saturated rings. The fourth-order valence-corrected chi connectivity index (χ4v) is 2.06. The molecule has 0 amide bonds. The third kappa shape index (κ3) is 1.66. The summed E-state index contributed by atoms with van der Waals surface area (Å²) in [7, 11) is 0. The molecule has 0 spiro atoms. The molecular weight excluding hydrogens is 196 g/mol. The molecule has 2 heterocycles. The second-order valence-electron chi connectivity index (χ2n) is 2.93. The zero-order valence-corrected chi connectivity index (χ0v) is 8.58. The van der Waals surface area contributed by atoms with Crippen molar-refractivity contribution < 1.29 is 5.11 Å². The van der Waals surface area contributed by atoms with Crippen LogP contribution in [0.25, 0.3) is 10.6 Å². The molecule has 0 aliphatic heterocycles. The minimum Gasteiger partial charge on any atom is -0.391 e. The van der Waals surface area contributed by atoms with E-state index in [1.165, 1.54) is 11.3 Å². The Hall–Kier alpha value is -1.26. The number of nitrogens with zero attached hydrogens (tertiary/aromatic N) is 2. The van der Waals surface area contributed by atoms with Crippen LogP contribution in [0.5, 0.6) is 0 Å². The summed E-state index contributed by atoms with van der Waals surface area (Å²) in [5.74, 6) is 0. The van der Waals surface area contributed by atoms with Crippen LogP contribution in [0, 0.1) is 6.92 Å². The normalized spacial score (nSPS) is 10.4. The lowest BCUT2D eigenvalue weighted by Gasteiger charge is -1.98. The van der Waals surface area contributed by atoms with E-state index in [1.54, 1.807) is 12.4 Å². The zero-order valence-electron chi connectivity index (χ0n) is 7.77. The van der Waals surface area contributed by atoms with E-state index in [2.05, 4.69) is 9.97 Å². The number of aryl methyl sites for hydroxylation is 1. The van der Waals surface area contributed by atoms with Crippen molar-refractivity contribution in [3.05, 3.63) is 35.1 Å². The van der Waals surface area contributed by atoms with Crippen LogP contribution in [0.3, 0.4) is 0 Å². The molecule has 0 aromatic carbocycles. The van der Waals surface area contributed by atoms with E-state index in [9.17, 15) is 0 Å². The van der Waals surface area contributed by atoms with Crippen LogP contribution in [0.1, 0.15) is 10.6 Å². The molecule has 0 aliphatic carbocycles. The van der Waals surface area contributed by atoms with Gasteiger partial charge in [-0.1, -0.05) is 0 Å². The van der Waals surface area contributed by atoms with Crippen molar-refractivity contribution in [2.75, 3.05) is 0 Å². The molecule has 14 heavy (non-hydrogen) atoms. The van der Waals surface area contributed by atoms with Crippen molar-refractivity contribution in [3.63, 3.8) is 0 Å². The van der Waals surface area contributed by atoms with E-state index in [-0.39, 0.29) is 6.61 Å². The summed E-state index contributed by atoms with van der Waals surface area (Å²) in [5, 5.41) is 9.84. The fourth-order valence-electron chi connectivity index (χ4n) is 1.22. The summed E-state index contributed by atoms with van der Waals surface area (Å²) in [5.41, 5.74) is 2.00. The highest BCUT2D eigenvalue weighted by Crippen LogP contribution is 2.26. The second kappa shape index (κ2) is 3.86. The number of hydrogen-bond donors (Lipinski definition) is 1. The van der Waals surface area contributed by atoms with Crippen LogP contribution in [-0.2, 0) is 6.61 Å². The Kier molecular flexibility index (Phi) is 2.56. The molecule has 0 aliphatic rings. The Morgan fingerprint density at radius 1 is 1.43 bits per heavy atom. The summed E-state index contributed by atoms with van der Waals surface area (Å²) in [6, 6.07) is 3.88. The number of aromatic nitrogens is 2. The van der Waals surface area contributed by atoms with Crippen LogP contribution in [0.4, 0.5) is 0 Å². The maximum absolute atomic E-state index is 8.92. The lowest BCUT2D eigenvalue weighted by molar-refractivity contribution is 0.285. The van der Waals surface area contributed by atoms with Gasteiger partial charge in [-0.25, -0.2) is 4.98 Å². The Morgan fingerprint density at radius 2 is 2.29 bits per heavy atom. The van der Waals surface area contributed by atoms with E-state index in [1.807, 2.05) is 19.1 Å². The molecule has 1 N–H and O–H groups in total. The van der Waals surface area contributed by atoms with E-state index in [0.29, 0.717) is 0 Å². The Bertz CT molecular complexity index is 439. The van der Waals surface area contributed by atoms with Gasteiger partial charge in [0.25, 0.3) is 0 Å². The van der Waals surface area contributed by atoms with Gasteiger partial charge in [-0.3, -0.25) is 4.98 Å². The number of thiazole rings is 1. The average Bonchev–Trinajstić information content (AvgIpc) is 2.67. The molecule has 2 aromatic heterocycles. The van der Waals surface area contributed by atoms with Gasteiger partial charge in [0.2, 0.25) is 0 Å². The third-order valence-electron chi connectivity index (χ3n) is 1.95. The minimum atomic E-state index is 0.0526. The van der Waals surface area contributed by atoms with E-state index in [4.69, 9.17) is 5.11 Å². The van der Waals surface area contributed by atoms with Crippen LogP contribution >= 0.6 is 11.3 Å². The van der Waals surface area contributed by atoms with Crippen molar-refractivity contribution in [2.45, 2.75) is 13.5 Å². The first-order valence-electron chi connectivity index (χ1n) is 4.29. The standard InChI is InChI=1S/C10H10N2OS/c1-7-9(3-2-4-11-7)10-12-5-8(6-13)14-10/h2-5,13H,6H2,1H3. The van der Waals surface area contributed by atoms with E-state index >= 15 is 0 Å². The molecule has 0 bridgehead atoms. The first-order chi connectivity index (χ1) is 6.81. The van der Waals surface area contributed by atoms with Gasteiger partial charge in [0, 0.05) is 23.7 Å². The maximum atomic E-state index is 8.92. The van der Waals surface area contributed by atoms with Crippen molar-refractivity contribution in [1.29, 1.82) is 0 Å². The number of rotatable bonds is 2. The topological polar surface area (TPSA) is 46.0 Å². The molecule has 4 heteroatoms. The fraction of sp³-hybridized carbons (Fsp3) is 0.200. The first kappa shape index (κ1) is 9.30. The molecule has 0 saturated carbocycles. The van der Waals surface area contributed by atoms with Gasteiger partial charge < -0.3 is 5.11 Å². The predicted octanol–water partition coefficient (Wildman–Crippen LogP) is 2.01. The van der Waals surface area contributed by atoms with Crippen molar-refractivity contribution in [1.82, 2.24) is 9.97 Å². The zero-order chi connectivity index (χ0) is 9.97. The summed E-state index contributed by atoms with van der Waals surface area (Å²) in [6.07, 6.45) is 3.46. The van der Waals surface area contributed by atoms with Crippen LogP contribution in [0.2, 0.25) is 0 Å². The van der Waals surface area contributed by atoms with Gasteiger partial charge in [0.1, 0.15) is 5.01 Å². The Balaban J connectivity index is 2.44. The van der Waals surface area contributed by atoms with Crippen LogP contribution in [0.15, 0.2) is 24.5 Å². The molecule has 2 aromatic rings. The predicted molar refractivity (Wildman–Crippen MR) is 56.0 cm³/mol. The first-order valence-corrected chi connectivity index (χ1v) is 5.10. The number of pyridine rings is 1. The molecular formula is C10H10N2OS. The molecule has 0 atom stereocenters. The summed E-state index contributed by atoms with van der Waals surface area (Å²) in [4.78, 5) is 9.31. The molecule has 72 valence electrons. The Morgan fingerprint density at radius 3 is 2.93 bits per heavy atom. The summed E-state index contributed by atoms with van der Waals surface area (Å²) < 4.78 is 0. The highest BCUT2D eigenvalue weighted by molar-refractivity contribution is 7.15. The van der Waals surface area contributed by atoms with E-state index < -0.39 is 0 Å². The number of aliphatic hydroxyl groups excluding tert-OH is 1. The average molecular weight is 206 g/mol. The van der Waals surface area contributed by atoms with Crippen LogP contribution in [-0.4, -0.2) is 15.1 Å². The monoisotopic (exact) mass is 206 g/mol. The number of aliphatic hydroxyl groups is 1. The lowest BCUT2D eigenvalue weighted by atomic mass is 10.2. The summed E-state index contributed by atoms with van der Waals surface area (Å²) >= 11 is 1.50. The number of hydrogen-bond acceptors (Lipinski definition) is 4. The van der Waals surface area contributed by atoms with Gasteiger partial charge in [0.05, 0.1) is 11.5 Å². The lowest BCUT2D eigenvalue weighted by Crippen LogP contribution is -1.84. The second-order valence-corrected chi connectivity index (χ2v) is 4.04. The molecule has 3 nitrogen and oxygen atoms in total. The highest BCUT2D eigenvalue weighted by Gasteiger charge is 2.06. The molecule has 2 rings (SSSR count). The van der Waals surface area contributed by atoms with Crippen molar-refractivity contribution >= 4 is 11.3 Å². The van der Waals surface area contributed by atoms with Crippen molar-refractivity contribution in [3.8, 4) is 10.6 Å². The van der Waals surface area contributed by atoms with Gasteiger partial charge in [-0.2, -0.15) is 0 Å². The Labute approximate surface area is 86.1 Å². The molecule has 0 unspecified atom stereocenters. The minimum absolute atomic E-state index is 0.0526. The van der Waals surface area contributed by atoms with Gasteiger partial charge in [-0.05, 0) is 19.1 Å². The largest absolute Gasteiger partial charge is 0.391 e. The van der Waals surface area contributed by atoms with Gasteiger partial charge >= 0.3 is 0 Å². The van der Waals surface area contributed by atoms with E-state index in [0.717, 1.165) is 21.1 Å². The van der Waals surface area contributed by atoms with Gasteiger partial charge in [0.15, 0.2) is 0 Å². The molecule has 0 saturated heterocycles. The smallest absolute Gasteiger partial charge is 0.125 e.